The van der Waals surface area contributed by atoms with Crippen molar-refractivity contribution in [3.63, 3.8) is 0 Å². The third-order valence-electron chi connectivity index (χ3n) is 7.36. The summed E-state index contributed by atoms with van der Waals surface area (Å²) in [5.74, 6) is 1.11. The molecule has 1 aliphatic carbocycles. The number of cyclic esters (lactones) is 1. The molecule has 4 heterocycles. The third-order valence-corrected chi connectivity index (χ3v) is 7.36. The van der Waals surface area contributed by atoms with Gasteiger partial charge in [0.25, 0.3) is 0 Å². The summed E-state index contributed by atoms with van der Waals surface area (Å²) in [6.45, 7) is 4.65. The average molecular weight is 438 g/mol. The predicted molar refractivity (Wildman–Crippen MR) is 112 cm³/mol. The fourth-order valence-corrected chi connectivity index (χ4v) is 5.30. The number of carbonyl (C=O) groups is 2. The highest BCUT2D eigenvalue weighted by Crippen LogP contribution is 2.48. The molecule has 0 radical (unpaired) electrons. The number of aromatic nitrogens is 6. The highest BCUT2D eigenvalue weighted by atomic mass is 16.5. The smallest absolute Gasteiger partial charge is 0.336 e. The second kappa shape index (κ2) is 8.07. The molecule has 1 saturated heterocycles. The van der Waals surface area contributed by atoms with Crippen molar-refractivity contribution in [1.29, 1.82) is 0 Å². The van der Waals surface area contributed by atoms with Gasteiger partial charge < -0.3 is 9.64 Å². The van der Waals surface area contributed by atoms with E-state index >= 15 is 0 Å². The van der Waals surface area contributed by atoms with Gasteiger partial charge in [0.05, 0.1) is 22.4 Å². The minimum Gasteiger partial charge on any atom is -0.456 e. The fourth-order valence-electron chi connectivity index (χ4n) is 5.30. The van der Waals surface area contributed by atoms with E-state index in [-0.39, 0.29) is 23.9 Å². The van der Waals surface area contributed by atoms with Crippen molar-refractivity contribution in [2.24, 2.45) is 11.3 Å². The van der Waals surface area contributed by atoms with Gasteiger partial charge in [0, 0.05) is 6.54 Å². The number of ether oxygens (including phenoxy) is 1. The monoisotopic (exact) mass is 437 g/mol. The van der Waals surface area contributed by atoms with Crippen LogP contribution in [-0.2, 0) is 20.7 Å². The first kappa shape index (κ1) is 20.7. The highest BCUT2D eigenvalue weighted by Gasteiger charge is 2.50. The molecule has 5 rings (SSSR count). The number of hydrogen-bond donors (Lipinski definition) is 0. The molecule has 0 unspecified atom stereocenters. The molecule has 168 valence electrons. The minimum atomic E-state index is -0.304. The van der Waals surface area contributed by atoms with Crippen LogP contribution in [0.25, 0.3) is 5.82 Å². The maximum absolute atomic E-state index is 13.3. The van der Waals surface area contributed by atoms with Gasteiger partial charge in [-0.15, -0.1) is 10.2 Å². The van der Waals surface area contributed by atoms with Gasteiger partial charge in [0.2, 0.25) is 5.91 Å². The number of carbonyl (C=O) groups excluding carboxylic acids is 2. The molecule has 0 N–H and O–H groups in total. The molecule has 3 aliphatic rings. The summed E-state index contributed by atoms with van der Waals surface area (Å²) in [7, 11) is 0. The van der Waals surface area contributed by atoms with E-state index in [0.717, 1.165) is 61.9 Å². The molecule has 1 spiro atoms. The molecular weight excluding hydrogens is 410 g/mol. The maximum atomic E-state index is 13.3. The molecule has 0 aromatic carbocycles. The molecule has 10 heteroatoms. The van der Waals surface area contributed by atoms with Gasteiger partial charge in [-0.05, 0) is 86.8 Å². The molecule has 2 aliphatic heterocycles. The van der Waals surface area contributed by atoms with Crippen LogP contribution in [0.5, 0.6) is 0 Å². The van der Waals surface area contributed by atoms with Gasteiger partial charge in [0.15, 0.2) is 5.82 Å². The summed E-state index contributed by atoms with van der Waals surface area (Å²) in [4.78, 5) is 26.8. The fraction of sp³-hybridized carbons (Fsp3) is 0.591. The Kier molecular flexibility index (Phi) is 5.22. The Morgan fingerprint density at radius 1 is 1.16 bits per heavy atom. The Labute approximate surface area is 186 Å². The summed E-state index contributed by atoms with van der Waals surface area (Å²) < 4.78 is 6.63. The Morgan fingerprint density at radius 2 is 1.97 bits per heavy atom. The SMILES string of the molecule is CC1=C(N2CCC3(CCC(CCc4cc(C)c(-n5cnnn5)nn4)CC3)C2=O)COC1=O. The van der Waals surface area contributed by atoms with Crippen molar-refractivity contribution in [3.05, 3.63) is 34.9 Å². The first-order valence-electron chi connectivity index (χ1n) is 11.2. The second-order valence-electron chi connectivity index (χ2n) is 9.21. The second-order valence-corrected chi connectivity index (χ2v) is 9.21. The number of hydrogen-bond acceptors (Lipinski definition) is 8. The highest BCUT2D eigenvalue weighted by molar-refractivity contribution is 5.94. The summed E-state index contributed by atoms with van der Waals surface area (Å²) in [5, 5.41) is 19.8. The number of tetrazole rings is 1. The molecular formula is C22H27N7O3. The van der Waals surface area contributed by atoms with Crippen molar-refractivity contribution >= 4 is 11.9 Å². The van der Waals surface area contributed by atoms with E-state index in [1.54, 1.807) is 6.92 Å². The summed E-state index contributed by atoms with van der Waals surface area (Å²) in [6, 6.07) is 2.05. The molecule has 2 aromatic heterocycles. The standard InChI is InChI=1S/C22H27N7O3/c1-14-11-17(24-25-19(14)29-13-23-26-27-29)4-3-16-5-7-22(8-6-16)9-10-28(21(22)31)18-12-32-20(30)15(18)2/h11,13,16H,3-10,12H2,1-2H3. The zero-order valence-electron chi connectivity index (χ0n) is 18.5. The van der Waals surface area contributed by atoms with E-state index in [2.05, 4.69) is 25.7 Å². The lowest BCUT2D eigenvalue weighted by molar-refractivity contribution is -0.138. The van der Waals surface area contributed by atoms with Gasteiger partial charge in [-0.2, -0.15) is 9.78 Å². The lowest BCUT2D eigenvalue weighted by Gasteiger charge is -2.35. The lowest BCUT2D eigenvalue weighted by atomic mass is 9.68. The van der Waals surface area contributed by atoms with Crippen LogP contribution in [0.4, 0.5) is 0 Å². The Morgan fingerprint density at radius 3 is 2.62 bits per heavy atom. The minimum absolute atomic E-state index is 0.184. The van der Waals surface area contributed by atoms with Gasteiger partial charge in [-0.1, -0.05) is 0 Å². The Hall–Kier alpha value is -3.17. The number of rotatable bonds is 5. The van der Waals surface area contributed by atoms with Crippen LogP contribution in [0.15, 0.2) is 23.7 Å². The van der Waals surface area contributed by atoms with Crippen LogP contribution >= 0.6 is 0 Å². The van der Waals surface area contributed by atoms with Crippen molar-refractivity contribution < 1.29 is 14.3 Å². The van der Waals surface area contributed by atoms with Crippen molar-refractivity contribution in [2.75, 3.05) is 13.2 Å². The molecule has 32 heavy (non-hydrogen) atoms. The van der Waals surface area contributed by atoms with Gasteiger partial charge in [-0.25, -0.2) is 4.79 Å². The van der Waals surface area contributed by atoms with E-state index in [1.165, 1.54) is 11.0 Å². The van der Waals surface area contributed by atoms with Crippen LogP contribution in [0, 0.1) is 18.3 Å². The van der Waals surface area contributed by atoms with Crippen molar-refractivity contribution in [2.45, 2.75) is 58.8 Å². The Balaban J connectivity index is 1.17. The zero-order chi connectivity index (χ0) is 22.3. The quantitative estimate of drug-likeness (QED) is 0.652. The van der Waals surface area contributed by atoms with Crippen molar-refractivity contribution in [3.8, 4) is 5.82 Å². The first-order valence-corrected chi connectivity index (χ1v) is 11.2. The summed E-state index contributed by atoms with van der Waals surface area (Å²) in [6.07, 6.45) is 8.20. The first-order chi connectivity index (χ1) is 15.5. The maximum Gasteiger partial charge on any atom is 0.336 e. The van der Waals surface area contributed by atoms with E-state index in [0.29, 0.717) is 23.9 Å². The van der Waals surface area contributed by atoms with E-state index in [4.69, 9.17) is 4.74 Å². The molecule has 1 saturated carbocycles. The summed E-state index contributed by atoms with van der Waals surface area (Å²) in [5.41, 5.74) is 3.03. The van der Waals surface area contributed by atoms with Crippen LogP contribution in [0.1, 0.15) is 56.7 Å². The molecule has 0 bridgehead atoms. The predicted octanol–water partition coefficient (Wildman–Crippen LogP) is 1.93. The number of amides is 1. The van der Waals surface area contributed by atoms with Crippen LogP contribution in [0.3, 0.4) is 0 Å². The zero-order valence-corrected chi connectivity index (χ0v) is 18.5. The van der Waals surface area contributed by atoms with Crippen molar-refractivity contribution in [1.82, 2.24) is 35.3 Å². The molecule has 2 aromatic rings. The summed E-state index contributed by atoms with van der Waals surface area (Å²) >= 11 is 0. The Bertz CT molecular complexity index is 1070. The molecule has 0 atom stereocenters. The van der Waals surface area contributed by atoms with Crippen LogP contribution in [0.2, 0.25) is 0 Å². The van der Waals surface area contributed by atoms with Gasteiger partial charge in [-0.3, -0.25) is 4.79 Å². The number of esters is 1. The average Bonchev–Trinajstić information content (AvgIpc) is 3.51. The normalized spacial score (nSPS) is 25.8. The largest absolute Gasteiger partial charge is 0.456 e. The number of aryl methyl sites for hydroxylation is 2. The molecule has 1 amide bonds. The van der Waals surface area contributed by atoms with Gasteiger partial charge in [0.1, 0.15) is 12.9 Å². The van der Waals surface area contributed by atoms with E-state index in [1.807, 2.05) is 17.9 Å². The van der Waals surface area contributed by atoms with Crippen LogP contribution < -0.4 is 0 Å². The third kappa shape index (κ3) is 3.57. The van der Waals surface area contributed by atoms with Gasteiger partial charge >= 0.3 is 5.97 Å². The molecule has 2 fully saturated rings. The number of likely N-dealkylation sites (tertiary alicyclic amines) is 1. The lowest BCUT2D eigenvalue weighted by Crippen LogP contribution is -2.37. The van der Waals surface area contributed by atoms with Crippen LogP contribution in [-0.4, -0.2) is 60.3 Å². The number of nitrogens with zero attached hydrogens (tertiary/aromatic N) is 7. The van der Waals surface area contributed by atoms with E-state index in [9.17, 15) is 9.59 Å². The topological polar surface area (TPSA) is 116 Å². The molecule has 10 nitrogen and oxygen atoms in total. The van der Waals surface area contributed by atoms with E-state index < -0.39 is 0 Å².